The first-order valence-electron chi connectivity index (χ1n) is 11.1. The fraction of sp³-hybridized carbons (Fsp3) is 0.591. The molecular formula is C22H31F3N2O10. The number of rotatable bonds is 8. The third-order valence-electron chi connectivity index (χ3n) is 5.22. The van der Waals surface area contributed by atoms with Gasteiger partial charge in [-0.25, -0.2) is 4.79 Å². The molecule has 8 N–H and O–H groups in total. The van der Waals surface area contributed by atoms with E-state index in [2.05, 4.69) is 11.1 Å². The van der Waals surface area contributed by atoms with Gasteiger partial charge in [-0.15, -0.1) is 0 Å². The van der Waals surface area contributed by atoms with E-state index >= 15 is 0 Å². The number of ether oxygens (including phenoxy) is 2. The SMILES string of the molecule is CC(C)[C@H](NC(=O)[C@@H]([NH3+])Cc1ccccc1)C(=O)OC[C@H]1OC(O)[C@H](O)[C@@H](O)[C@@H]1O.O=C([O-])C(F)(F)F. The molecule has 37 heavy (non-hydrogen) atoms. The highest BCUT2D eigenvalue weighted by Gasteiger charge is 2.43. The third kappa shape index (κ3) is 10.2. The van der Waals surface area contributed by atoms with Gasteiger partial charge in [0, 0.05) is 6.42 Å². The molecule has 1 aromatic rings. The van der Waals surface area contributed by atoms with E-state index in [0.717, 1.165) is 5.56 Å². The number of benzene rings is 1. The summed E-state index contributed by atoms with van der Waals surface area (Å²) in [5.41, 5.74) is 4.81. The van der Waals surface area contributed by atoms with Crippen molar-refractivity contribution in [1.29, 1.82) is 0 Å². The zero-order chi connectivity index (χ0) is 28.5. The van der Waals surface area contributed by atoms with Gasteiger partial charge >= 0.3 is 12.1 Å². The lowest BCUT2D eigenvalue weighted by Crippen LogP contribution is -2.69. The van der Waals surface area contributed by atoms with E-state index in [1.54, 1.807) is 13.8 Å². The highest BCUT2D eigenvalue weighted by atomic mass is 19.4. The minimum absolute atomic E-state index is 0.291. The Balaban J connectivity index is 0.000000856. The van der Waals surface area contributed by atoms with Crippen molar-refractivity contribution in [3.05, 3.63) is 35.9 Å². The molecule has 1 unspecified atom stereocenters. The number of aliphatic carboxylic acids is 1. The molecule has 1 heterocycles. The van der Waals surface area contributed by atoms with Crippen LogP contribution < -0.4 is 16.2 Å². The van der Waals surface area contributed by atoms with E-state index in [4.69, 9.17) is 19.4 Å². The predicted molar refractivity (Wildman–Crippen MR) is 115 cm³/mol. The topological polar surface area (TPSA) is 213 Å². The summed E-state index contributed by atoms with van der Waals surface area (Å²) in [5, 5.41) is 50.1. The van der Waals surface area contributed by atoms with Crippen molar-refractivity contribution in [3.8, 4) is 0 Å². The number of aliphatic hydroxyl groups is 4. The molecule has 0 aromatic heterocycles. The number of hydrogen-bond donors (Lipinski definition) is 6. The molecule has 7 atom stereocenters. The van der Waals surface area contributed by atoms with Crippen LogP contribution in [0.1, 0.15) is 19.4 Å². The lowest BCUT2D eigenvalue weighted by atomic mass is 9.99. The third-order valence-corrected chi connectivity index (χ3v) is 5.22. The van der Waals surface area contributed by atoms with Crippen LogP contribution >= 0.6 is 0 Å². The van der Waals surface area contributed by atoms with Crippen molar-refractivity contribution in [3.63, 3.8) is 0 Å². The number of halogens is 3. The number of hydrogen-bond acceptors (Lipinski definition) is 10. The van der Waals surface area contributed by atoms with E-state index in [-0.39, 0.29) is 5.92 Å². The van der Waals surface area contributed by atoms with Gasteiger partial charge in [0.2, 0.25) is 0 Å². The Hall–Kier alpha value is -2.82. The maximum absolute atomic E-state index is 12.5. The Kier molecular flexibility index (Phi) is 12.4. The molecule has 1 saturated heterocycles. The van der Waals surface area contributed by atoms with E-state index in [9.17, 15) is 43.2 Å². The standard InChI is InChI=1S/C20H30N2O8.C2HF3O2/c1-10(2)14(22-18(26)12(21)8-11-6-4-3-5-7-11)19(27)29-9-13-15(23)16(24)17(25)20(28)30-13;3-2(4,5)1(6)7/h3-7,10,12-17,20,23-25,28H,8-9,21H2,1-2H3,(H,22,26);(H,6,7)/t12-,13+,14-,15+,16-,17+,20?;/m0./s1. The lowest BCUT2D eigenvalue weighted by molar-refractivity contribution is -0.403. The molecule has 15 heteroatoms. The van der Waals surface area contributed by atoms with Gasteiger partial charge in [0.1, 0.15) is 43.0 Å². The minimum atomic E-state index is -5.19. The quantitative estimate of drug-likeness (QED) is 0.180. The van der Waals surface area contributed by atoms with Crippen LogP contribution in [-0.2, 0) is 30.3 Å². The highest BCUT2D eigenvalue weighted by molar-refractivity contribution is 5.87. The summed E-state index contributed by atoms with van der Waals surface area (Å²) in [5.74, 6) is -4.46. The smallest absolute Gasteiger partial charge is 0.430 e. The summed E-state index contributed by atoms with van der Waals surface area (Å²) < 4.78 is 41.7. The van der Waals surface area contributed by atoms with E-state index in [1.807, 2.05) is 30.3 Å². The molecule has 1 aromatic carbocycles. The van der Waals surface area contributed by atoms with Crippen molar-refractivity contribution in [2.24, 2.45) is 5.92 Å². The van der Waals surface area contributed by atoms with Crippen LogP contribution in [0, 0.1) is 5.92 Å². The molecule has 12 nitrogen and oxygen atoms in total. The Morgan fingerprint density at radius 2 is 1.62 bits per heavy atom. The number of nitrogens with one attached hydrogen (secondary N) is 1. The molecule has 0 spiro atoms. The van der Waals surface area contributed by atoms with Crippen LogP contribution in [0.2, 0.25) is 0 Å². The van der Waals surface area contributed by atoms with Crippen LogP contribution in [-0.4, -0.2) is 93.8 Å². The van der Waals surface area contributed by atoms with E-state index < -0.39 is 73.4 Å². The van der Waals surface area contributed by atoms with Gasteiger partial charge in [-0.3, -0.25) is 4.79 Å². The van der Waals surface area contributed by atoms with E-state index in [1.165, 1.54) is 0 Å². The lowest BCUT2D eigenvalue weighted by Gasteiger charge is -2.38. The van der Waals surface area contributed by atoms with Gasteiger partial charge in [0.25, 0.3) is 5.91 Å². The maximum atomic E-state index is 12.5. The fourth-order valence-corrected chi connectivity index (χ4v) is 3.08. The molecule has 1 aliphatic rings. The monoisotopic (exact) mass is 540 g/mol. The summed E-state index contributed by atoms with van der Waals surface area (Å²) in [4.78, 5) is 33.8. The van der Waals surface area contributed by atoms with Gasteiger partial charge in [-0.2, -0.15) is 13.2 Å². The number of carboxylic acids is 1. The molecule has 210 valence electrons. The number of carboxylic acid groups (broad SMARTS) is 1. The minimum Gasteiger partial charge on any atom is -0.542 e. The average Bonchev–Trinajstić information content (AvgIpc) is 2.82. The number of carbonyl (C=O) groups is 3. The van der Waals surface area contributed by atoms with E-state index in [0.29, 0.717) is 6.42 Å². The van der Waals surface area contributed by atoms with Crippen molar-refractivity contribution in [2.45, 2.75) is 69.2 Å². The van der Waals surface area contributed by atoms with Gasteiger partial charge < -0.3 is 50.9 Å². The molecule has 2 rings (SSSR count). The zero-order valence-corrected chi connectivity index (χ0v) is 20.0. The number of quaternary nitrogens is 1. The predicted octanol–water partition coefficient (Wildman–Crippen LogP) is -3.38. The number of esters is 1. The largest absolute Gasteiger partial charge is 0.542 e. The molecule has 0 saturated carbocycles. The number of carbonyl (C=O) groups excluding carboxylic acids is 3. The maximum Gasteiger partial charge on any atom is 0.430 e. The average molecular weight is 540 g/mol. The molecule has 1 amide bonds. The van der Waals surface area contributed by atoms with Crippen molar-refractivity contribution in [1.82, 2.24) is 5.32 Å². The number of aliphatic hydroxyl groups excluding tert-OH is 4. The van der Waals surface area contributed by atoms with Gasteiger partial charge in [0.15, 0.2) is 12.3 Å². The zero-order valence-electron chi connectivity index (χ0n) is 20.0. The first kappa shape index (κ1) is 32.2. The van der Waals surface area contributed by atoms with Crippen LogP contribution in [0.3, 0.4) is 0 Å². The van der Waals surface area contributed by atoms with Crippen LogP contribution in [0.15, 0.2) is 30.3 Å². The normalized spacial score (nSPS) is 25.3. The fourth-order valence-electron chi connectivity index (χ4n) is 3.08. The van der Waals surface area contributed by atoms with Crippen molar-refractivity contribution >= 4 is 17.8 Å². The summed E-state index contributed by atoms with van der Waals surface area (Å²) >= 11 is 0. The van der Waals surface area contributed by atoms with Crippen LogP contribution in [0.25, 0.3) is 0 Å². The second kappa shape index (κ2) is 14.2. The molecule has 1 aliphatic heterocycles. The summed E-state index contributed by atoms with van der Waals surface area (Å²) in [6, 6.07) is 7.80. The highest BCUT2D eigenvalue weighted by Crippen LogP contribution is 2.20. The van der Waals surface area contributed by atoms with Gasteiger partial charge in [0.05, 0.1) is 0 Å². The number of amides is 1. The molecule has 1 fully saturated rings. The van der Waals surface area contributed by atoms with Crippen LogP contribution in [0.5, 0.6) is 0 Å². The summed E-state index contributed by atoms with van der Waals surface area (Å²) in [6.45, 7) is 2.99. The van der Waals surface area contributed by atoms with Gasteiger partial charge in [-0.05, 0) is 11.5 Å². The Morgan fingerprint density at radius 1 is 1.08 bits per heavy atom. The second-order valence-electron chi connectivity index (χ2n) is 8.57. The second-order valence-corrected chi connectivity index (χ2v) is 8.57. The van der Waals surface area contributed by atoms with Gasteiger partial charge in [-0.1, -0.05) is 44.2 Å². The summed E-state index contributed by atoms with van der Waals surface area (Å²) in [7, 11) is 0. The van der Waals surface area contributed by atoms with Crippen molar-refractivity contribution < 1.29 is 68.3 Å². The first-order chi connectivity index (χ1) is 17.1. The Morgan fingerprint density at radius 3 is 2.11 bits per heavy atom. The first-order valence-corrected chi connectivity index (χ1v) is 11.1. The molecule has 0 radical (unpaired) electrons. The Labute approximate surface area is 209 Å². The van der Waals surface area contributed by atoms with Crippen LogP contribution in [0.4, 0.5) is 13.2 Å². The summed E-state index contributed by atoms with van der Waals surface area (Å²) in [6.07, 6.45) is -12.6. The molecule has 0 bridgehead atoms. The number of alkyl halides is 3. The van der Waals surface area contributed by atoms with Crippen molar-refractivity contribution in [2.75, 3.05) is 6.61 Å². The Bertz CT molecular complexity index is 887. The molecular weight excluding hydrogens is 509 g/mol. The molecule has 0 aliphatic carbocycles.